The normalized spacial score (nSPS) is 18.0. The van der Waals surface area contributed by atoms with Gasteiger partial charge in [0, 0.05) is 18.0 Å². The Kier molecular flexibility index (Phi) is 3.90. The summed E-state index contributed by atoms with van der Waals surface area (Å²) >= 11 is 6.30. The molecule has 3 rings (SSSR count). The lowest BCUT2D eigenvalue weighted by Gasteiger charge is -2.24. The SMILES string of the molecule is NCC1=NN(c2ccc(F)cc2)C(c2ccccc2Cl)C1. The molecule has 1 aliphatic rings. The fourth-order valence-corrected chi connectivity index (χ4v) is 2.78. The van der Waals surface area contributed by atoms with Crippen LogP contribution in [0.2, 0.25) is 5.02 Å². The second-order valence-corrected chi connectivity index (χ2v) is 5.34. The fourth-order valence-electron chi connectivity index (χ4n) is 2.52. The van der Waals surface area contributed by atoms with Crippen LogP contribution in [0.25, 0.3) is 0 Å². The van der Waals surface area contributed by atoms with E-state index in [1.54, 1.807) is 12.1 Å². The van der Waals surface area contributed by atoms with Crippen molar-refractivity contribution in [1.82, 2.24) is 0 Å². The number of rotatable bonds is 3. The first kappa shape index (κ1) is 14.0. The number of nitrogens with two attached hydrogens (primary N) is 1. The molecule has 5 heteroatoms. The number of hydrogen-bond donors (Lipinski definition) is 1. The van der Waals surface area contributed by atoms with E-state index >= 15 is 0 Å². The number of halogens is 2. The molecule has 3 nitrogen and oxygen atoms in total. The monoisotopic (exact) mass is 303 g/mol. The van der Waals surface area contributed by atoms with Crippen LogP contribution in [0, 0.1) is 5.82 Å². The third-order valence-electron chi connectivity index (χ3n) is 3.56. The number of hydrogen-bond acceptors (Lipinski definition) is 3. The minimum absolute atomic E-state index is 0.0114. The highest BCUT2D eigenvalue weighted by Crippen LogP contribution is 2.37. The third kappa shape index (κ3) is 2.77. The van der Waals surface area contributed by atoms with E-state index in [4.69, 9.17) is 17.3 Å². The van der Waals surface area contributed by atoms with Gasteiger partial charge in [-0.2, -0.15) is 5.10 Å². The molecule has 0 amide bonds. The van der Waals surface area contributed by atoms with E-state index in [9.17, 15) is 4.39 Å². The predicted molar refractivity (Wildman–Crippen MR) is 84.2 cm³/mol. The Labute approximate surface area is 127 Å². The van der Waals surface area contributed by atoms with Crippen LogP contribution in [0.1, 0.15) is 18.0 Å². The van der Waals surface area contributed by atoms with Gasteiger partial charge in [-0.15, -0.1) is 0 Å². The van der Waals surface area contributed by atoms with Gasteiger partial charge >= 0.3 is 0 Å². The average molecular weight is 304 g/mol. The molecule has 0 fully saturated rings. The van der Waals surface area contributed by atoms with Crippen LogP contribution >= 0.6 is 11.6 Å². The van der Waals surface area contributed by atoms with E-state index in [1.165, 1.54) is 12.1 Å². The Bertz CT molecular complexity index is 669. The molecule has 2 N–H and O–H groups in total. The van der Waals surface area contributed by atoms with E-state index in [1.807, 2.05) is 29.3 Å². The van der Waals surface area contributed by atoms with Crippen molar-refractivity contribution in [3.8, 4) is 0 Å². The summed E-state index contributed by atoms with van der Waals surface area (Å²) in [6, 6.07) is 14.0. The van der Waals surface area contributed by atoms with Crippen LogP contribution in [-0.4, -0.2) is 12.3 Å². The van der Waals surface area contributed by atoms with Gasteiger partial charge < -0.3 is 5.73 Å². The summed E-state index contributed by atoms with van der Waals surface area (Å²) in [6.45, 7) is 0.401. The van der Waals surface area contributed by atoms with Crippen molar-refractivity contribution in [3.05, 3.63) is 64.9 Å². The minimum atomic E-state index is -0.268. The molecule has 0 spiro atoms. The summed E-state index contributed by atoms with van der Waals surface area (Å²) in [5.41, 5.74) is 8.45. The lowest BCUT2D eigenvalue weighted by atomic mass is 10.0. The molecule has 21 heavy (non-hydrogen) atoms. The lowest BCUT2D eigenvalue weighted by Crippen LogP contribution is -2.19. The molecule has 1 heterocycles. The van der Waals surface area contributed by atoms with Gasteiger partial charge in [0.2, 0.25) is 0 Å². The summed E-state index contributed by atoms with van der Waals surface area (Å²) < 4.78 is 13.1. The van der Waals surface area contributed by atoms with Crippen LogP contribution < -0.4 is 10.7 Å². The van der Waals surface area contributed by atoms with Crippen LogP contribution in [0.15, 0.2) is 53.6 Å². The Morgan fingerprint density at radius 1 is 1.19 bits per heavy atom. The molecule has 108 valence electrons. The molecule has 0 bridgehead atoms. The zero-order valence-electron chi connectivity index (χ0n) is 11.3. The maximum atomic E-state index is 13.1. The second-order valence-electron chi connectivity index (χ2n) is 4.93. The van der Waals surface area contributed by atoms with Gasteiger partial charge in [-0.3, -0.25) is 5.01 Å². The Morgan fingerprint density at radius 2 is 1.90 bits per heavy atom. The number of hydrazone groups is 1. The van der Waals surface area contributed by atoms with Gasteiger partial charge in [-0.25, -0.2) is 4.39 Å². The lowest BCUT2D eigenvalue weighted by molar-refractivity contribution is 0.626. The smallest absolute Gasteiger partial charge is 0.123 e. The molecule has 1 aliphatic heterocycles. The molecule has 0 saturated carbocycles. The molecule has 0 aliphatic carbocycles. The van der Waals surface area contributed by atoms with E-state index in [-0.39, 0.29) is 11.9 Å². The van der Waals surface area contributed by atoms with Crippen molar-refractivity contribution in [3.63, 3.8) is 0 Å². The van der Waals surface area contributed by atoms with E-state index < -0.39 is 0 Å². The van der Waals surface area contributed by atoms with Gasteiger partial charge in [-0.1, -0.05) is 29.8 Å². The molecule has 1 atom stereocenters. The van der Waals surface area contributed by atoms with Crippen LogP contribution in [0.5, 0.6) is 0 Å². The topological polar surface area (TPSA) is 41.6 Å². The van der Waals surface area contributed by atoms with Crippen molar-refractivity contribution >= 4 is 23.0 Å². The van der Waals surface area contributed by atoms with E-state index in [0.29, 0.717) is 11.6 Å². The van der Waals surface area contributed by atoms with Gasteiger partial charge in [0.1, 0.15) is 5.82 Å². The van der Waals surface area contributed by atoms with Crippen molar-refractivity contribution in [2.45, 2.75) is 12.5 Å². The Balaban J connectivity index is 2.00. The summed E-state index contributed by atoms with van der Waals surface area (Å²) in [5.74, 6) is -0.268. The number of benzene rings is 2. The third-order valence-corrected chi connectivity index (χ3v) is 3.91. The highest BCUT2D eigenvalue weighted by atomic mass is 35.5. The first-order chi connectivity index (χ1) is 10.2. The van der Waals surface area contributed by atoms with Crippen molar-refractivity contribution in [2.75, 3.05) is 11.6 Å². The number of anilines is 1. The second kappa shape index (κ2) is 5.84. The summed E-state index contributed by atoms with van der Waals surface area (Å²) in [7, 11) is 0. The quantitative estimate of drug-likeness (QED) is 0.938. The molecule has 0 saturated heterocycles. The summed E-state index contributed by atoms with van der Waals surface area (Å²) in [4.78, 5) is 0. The zero-order valence-corrected chi connectivity index (χ0v) is 12.1. The van der Waals surface area contributed by atoms with Gasteiger partial charge in [0.15, 0.2) is 0 Å². The Hall–Kier alpha value is -1.91. The molecular weight excluding hydrogens is 289 g/mol. The van der Waals surface area contributed by atoms with Crippen molar-refractivity contribution in [1.29, 1.82) is 0 Å². The standard InChI is InChI=1S/C16H15ClFN3/c17-15-4-2-1-3-14(15)16-9-12(10-19)20-21(16)13-7-5-11(18)6-8-13/h1-8,16H,9-10,19H2. The maximum absolute atomic E-state index is 13.1. The van der Waals surface area contributed by atoms with Crippen LogP contribution in [-0.2, 0) is 0 Å². The molecular formula is C16H15ClFN3. The molecule has 2 aromatic rings. The van der Waals surface area contributed by atoms with Gasteiger partial charge in [0.05, 0.1) is 17.4 Å². The maximum Gasteiger partial charge on any atom is 0.123 e. The number of nitrogens with zero attached hydrogens (tertiary/aromatic N) is 2. The van der Waals surface area contributed by atoms with E-state index in [2.05, 4.69) is 5.10 Å². The van der Waals surface area contributed by atoms with Gasteiger partial charge in [-0.05, 0) is 35.9 Å². The largest absolute Gasteiger partial charge is 0.325 e. The van der Waals surface area contributed by atoms with Crippen LogP contribution in [0.4, 0.5) is 10.1 Å². The highest BCUT2D eigenvalue weighted by molar-refractivity contribution is 6.31. The molecule has 0 aromatic heterocycles. The first-order valence-electron chi connectivity index (χ1n) is 6.74. The van der Waals surface area contributed by atoms with Crippen LogP contribution in [0.3, 0.4) is 0 Å². The minimum Gasteiger partial charge on any atom is -0.325 e. The molecule has 1 unspecified atom stereocenters. The van der Waals surface area contributed by atoms with Crippen molar-refractivity contribution < 1.29 is 4.39 Å². The van der Waals surface area contributed by atoms with E-state index in [0.717, 1.165) is 23.4 Å². The molecule has 0 radical (unpaired) electrons. The first-order valence-corrected chi connectivity index (χ1v) is 7.12. The average Bonchev–Trinajstić information content (AvgIpc) is 2.92. The van der Waals surface area contributed by atoms with Crippen molar-refractivity contribution in [2.24, 2.45) is 10.8 Å². The summed E-state index contributed by atoms with van der Waals surface area (Å²) in [6.07, 6.45) is 0.720. The predicted octanol–water partition coefficient (Wildman–Crippen LogP) is 3.75. The zero-order chi connectivity index (χ0) is 14.8. The molecule has 2 aromatic carbocycles. The van der Waals surface area contributed by atoms with Gasteiger partial charge in [0.25, 0.3) is 0 Å². The summed E-state index contributed by atoms with van der Waals surface area (Å²) in [5, 5.41) is 7.11. The highest BCUT2D eigenvalue weighted by Gasteiger charge is 2.29. The Morgan fingerprint density at radius 3 is 2.57 bits per heavy atom. The fraction of sp³-hybridized carbons (Fsp3) is 0.188.